The predicted molar refractivity (Wildman–Crippen MR) is 74.4 cm³/mol. The number of nitrogens with zero attached hydrogens (tertiary/aromatic N) is 1. The quantitative estimate of drug-likeness (QED) is 0.839. The van der Waals surface area contributed by atoms with Crippen LogP contribution in [0.2, 0.25) is 5.15 Å². The molecule has 4 heteroatoms. The molecule has 0 aliphatic carbocycles. The molecule has 18 heavy (non-hydrogen) atoms. The summed E-state index contributed by atoms with van der Waals surface area (Å²) in [5.41, 5.74) is 2.26. The number of ether oxygens (including phenoxy) is 1. The molecule has 3 nitrogen and oxygen atoms in total. The second kappa shape index (κ2) is 6.26. The normalized spacial score (nSPS) is 10.1. The third kappa shape index (κ3) is 3.64. The number of rotatable bonds is 5. The summed E-state index contributed by atoms with van der Waals surface area (Å²) < 4.78 is 5.12. The van der Waals surface area contributed by atoms with E-state index in [9.17, 15) is 0 Å². The average molecular weight is 263 g/mol. The lowest BCUT2D eigenvalue weighted by Gasteiger charge is -2.07. The van der Waals surface area contributed by atoms with E-state index in [1.807, 2.05) is 24.3 Å². The van der Waals surface area contributed by atoms with Crippen molar-refractivity contribution < 1.29 is 4.74 Å². The first-order chi connectivity index (χ1) is 8.78. The van der Waals surface area contributed by atoms with Gasteiger partial charge in [-0.15, -0.1) is 0 Å². The summed E-state index contributed by atoms with van der Waals surface area (Å²) in [7, 11) is 1.67. The number of nitrogens with one attached hydrogen (secondary N) is 1. The van der Waals surface area contributed by atoms with Gasteiger partial charge in [0, 0.05) is 18.4 Å². The minimum atomic E-state index is 0.504. The third-order valence-corrected chi connectivity index (χ3v) is 2.84. The van der Waals surface area contributed by atoms with Crippen LogP contribution in [0, 0.1) is 0 Å². The zero-order valence-electron chi connectivity index (χ0n) is 10.2. The van der Waals surface area contributed by atoms with Crippen molar-refractivity contribution >= 4 is 17.3 Å². The van der Waals surface area contributed by atoms with Crippen molar-refractivity contribution in [2.45, 2.75) is 6.42 Å². The van der Waals surface area contributed by atoms with Crippen molar-refractivity contribution in [3.63, 3.8) is 0 Å². The number of hydrogen-bond acceptors (Lipinski definition) is 3. The topological polar surface area (TPSA) is 34.1 Å². The molecule has 2 aromatic rings. The molecule has 0 saturated carbocycles. The third-order valence-electron chi connectivity index (χ3n) is 2.63. The Hall–Kier alpha value is -1.74. The fourth-order valence-corrected chi connectivity index (χ4v) is 1.83. The van der Waals surface area contributed by atoms with Crippen LogP contribution in [0.4, 0.5) is 5.69 Å². The Kier molecular flexibility index (Phi) is 4.42. The van der Waals surface area contributed by atoms with Gasteiger partial charge < -0.3 is 10.1 Å². The maximum absolute atomic E-state index is 5.81. The molecule has 94 valence electrons. The number of anilines is 1. The van der Waals surface area contributed by atoms with Gasteiger partial charge in [-0.3, -0.25) is 0 Å². The molecule has 2 rings (SSSR count). The smallest absolute Gasteiger partial charge is 0.131 e. The van der Waals surface area contributed by atoms with E-state index >= 15 is 0 Å². The Labute approximate surface area is 112 Å². The van der Waals surface area contributed by atoms with E-state index in [2.05, 4.69) is 22.4 Å². The molecule has 0 saturated heterocycles. The lowest BCUT2D eigenvalue weighted by Crippen LogP contribution is -2.04. The van der Waals surface area contributed by atoms with Crippen LogP contribution in [0.5, 0.6) is 5.75 Å². The highest BCUT2D eigenvalue weighted by Crippen LogP contribution is 2.13. The Balaban J connectivity index is 1.84. The summed E-state index contributed by atoms with van der Waals surface area (Å²) >= 11 is 5.81. The van der Waals surface area contributed by atoms with E-state index < -0.39 is 0 Å². The van der Waals surface area contributed by atoms with E-state index in [4.69, 9.17) is 16.3 Å². The molecule has 0 fully saturated rings. The number of methoxy groups -OCH3 is 1. The molecule has 0 bridgehead atoms. The molecule has 1 aromatic carbocycles. The Morgan fingerprint density at radius 3 is 2.67 bits per heavy atom. The van der Waals surface area contributed by atoms with Gasteiger partial charge in [-0.1, -0.05) is 23.7 Å². The average Bonchev–Trinajstić information content (AvgIpc) is 2.40. The molecule has 0 spiro atoms. The van der Waals surface area contributed by atoms with Crippen molar-refractivity contribution in [2.24, 2.45) is 0 Å². The molecule has 1 N–H and O–H groups in total. The Morgan fingerprint density at radius 2 is 2.00 bits per heavy atom. The summed E-state index contributed by atoms with van der Waals surface area (Å²) in [5.74, 6) is 0.882. The molecule has 0 amide bonds. The Morgan fingerprint density at radius 1 is 1.22 bits per heavy atom. The van der Waals surface area contributed by atoms with Crippen LogP contribution in [0.3, 0.4) is 0 Å². The first-order valence-electron chi connectivity index (χ1n) is 5.76. The number of benzene rings is 1. The van der Waals surface area contributed by atoms with Crippen LogP contribution in [0.1, 0.15) is 5.56 Å². The molecule has 1 aromatic heterocycles. The largest absolute Gasteiger partial charge is 0.497 e. The zero-order chi connectivity index (χ0) is 12.8. The van der Waals surface area contributed by atoms with Gasteiger partial charge >= 0.3 is 0 Å². The van der Waals surface area contributed by atoms with Gasteiger partial charge in [-0.05, 0) is 36.2 Å². The van der Waals surface area contributed by atoms with E-state index in [-0.39, 0.29) is 0 Å². The fraction of sp³-hybridized carbons (Fsp3) is 0.214. The van der Waals surface area contributed by atoms with E-state index in [1.54, 1.807) is 13.3 Å². The van der Waals surface area contributed by atoms with Crippen molar-refractivity contribution in [1.29, 1.82) is 0 Å². The molecule has 0 atom stereocenters. The van der Waals surface area contributed by atoms with Crippen molar-refractivity contribution in [2.75, 3.05) is 19.0 Å². The van der Waals surface area contributed by atoms with E-state index in [1.165, 1.54) is 5.56 Å². The second-order valence-electron chi connectivity index (χ2n) is 3.89. The number of halogens is 1. The number of pyridine rings is 1. The monoisotopic (exact) mass is 262 g/mol. The minimum Gasteiger partial charge on any atom is -0.497 e. The molecular formula is C14H15ClN2O. The van der Waals surface area contributed by atoms with Gasteiger partial charge in [0.2, 0.25) is 0 Å². The summed E-state index contributed by atoms with van der Waals surface area (Å²) in [5, 5.41) is 3.81. The second-order valence-corrected chi connectivity index (χ2v) is 4.28. The minimum absolute atomic E-state index is 0.504. The van der Waals surface area contributed by atoms with Crippen LogP contribution in [0.15, 0.2) is 42.6 Å². The van der Waals surface area contributed by atoms with Crippen molar-refractivity contribution in [3.05, 3.63) is 53.3 Å². The van der Waals surface area contributed by atoms with Gasteiger partial charge in [-0.2, -0.15) is 0 Å². The number of aromatic nitrogens is 1. The molecule has 0 aliphatic rings. The maximum atomic E-state index is 5.81. The highest BCUT2D eigenvalue weighted by molar-refractivity contribution is 6.29. The van der Waals surface area contributed by atoms with Crippen LogP contribution in [0.25, 0.3) is 0 Å². The lowest BCUT2D eigenvalue weighted by atomic mass is 10.1. The van der Waals surface area contributed by atoms with Gasteiger partial charge in [0.05, 0.1) is 7.11 Å². The summed E-state index contributed by atoms with van der Waals surface area (Å²) in [6, 6.07) is 11.8. The molecule has 1 heterocycles. The highest BCUT2D eigenvalue weighted by Gasteiger charge is 1.96. The van der Waals surface area contributed by atoms with Gasteiger partial charge in [0.1, 0.15) is 10.9 Å². The van der Waals surface area contributed by atoms with Crippen LogP contribution < -0.4 is 10.1 Å². The summed E-state index contributed by atoms with van der Waals surface area (Å²) in [6.07, 6.45) is 2.64. The van der Waals surface area contributed by atoms with Crippen LogP contribution >= 0.6 is 11.6 Å². The summed E-state index contributed by atoms with van der Waals surface area (Å²) in [6.45, 7) is 0.854. The lowest BCUT2D eigenvalue weighted by molar-refractivity contribution is 0.414. The maximum Gasteiger partial charge on any atom is 0.131 e. The van der Waals surface area contributed by atoms with Gasteiger partial charge in [0.15, 0.2) is 0 Å². The Bertz CT molecular complexity index is 499. The zero-order valence-corrected chi connectivity index (χ0v) is 10.9. The first kappa shape index (κ1) is 12.7. The fourth-order valence-electron chi connectivity index (χ4n) is 1.66. The van der Waals surface area contributed by atoms with E-state index in [0.717, 1.165) is 24.4 Å². The van der Waals surface area contributed by atoms with Gasteiger partial charge in [0.25, 0.3) is 0 Å². The highest BCUT2D eigenvalue weighted by atomic mass is 35.5. The molecular weight excluding hydrogens is 248 g/mol. The van der Waals surface area contributed by atoms with Gasteiger partial charge in [-0.25, -0.2) is 4.98 Å². The standard InChI is InChI=1S/C14H15ClN2O/c1-18-13-4-2-11(3-5-13)6-8-16-12-7-9-17-14(15)10-12/h2-5,7,9-10H,6,8H2,1H3,(H,16,17). The van der Waals surface area contributed by atoms with Crippen molar-refractivity contribution in [3.8, 4) is 5.75 Å². The molecule has 0 unspecified atom stereocenters. The van der Waals surface area contributed by atoms with Crippen LogP contribution in [-0.4, -0.2) is 18.6 Å². The number of hydrogen-bond donors (Lipinski definition) is 1. The summed E-state index contributed by atoms with van der Waals surface area (Å²) in [4.78, 5) is 3.94. The van der Waals surface area contributed by atoms with Crippen molar-refractivity contribution in [1.82, 2.24) is 4.98 Å². The SMILES string of the molecule is COc1ccc(CCNc2ccnc(Cl)c2)cc1. The molecule has 0 aliphatic heterocycles. The first-order valence-corrected chi connectivity index (χ1v) is 6.14. The van der Waals surface area contributed by atoms with Crippen LogP contribution in [-0.2, 0) is 6.42 Å². The predicted octanol–water partition coefficient (Wildman–Crippen LogP) is 3.40. The molecule has 0 radical (unpaired) electrons. The van der Waals surface area contributed by atoms with E-state index in [0.29, 0.717) is 5.15 Å².